The topological polar surface area (TPSA) is 111 Å². The van der Waals surface area contributed by atoms with Gasteiger partial charge in [-0.25, -0.2) is 8.42 Å². The third-order valence-electron chi connectivity index (χ3n) is 4.65. The highest BCUT2D eigenvalue weighted by Crippen LogP contribution is 2.28. The maximum absolute atomic E-state index is 12.9. The van der Waals surface area contributed by atoms with Gasteiger partial charge in [-0.3, -0.25) is 4.79 Å². The quantitative estimate of drug-likeness (QED) is 0.457. The molecule has 2 N–H and O–H groups in total. The Morgan fingerprint density at radius 2 is 1.81 bits per heavy atom. The molecule has 1 fully saturated rings. The number of halogens is 2. The summed E-state index contributed by atoms with van der Waals surface area (Å²) in [5.74, 6) is -4.11. The summed E-state index contributed by atoms with van der Waals surface area (Å²) in [7, 11) is -2.53. The van der Waals surface area contributed by atoms with E-state index in [0.717, 1.165) is 5.56 Å². The number of rotatable bonds is 8. The normalized spacial score (nSPS) is 15.3. The number of nitrogens with two attached hydrogens (primary N) is 1. The fraction of sp³-hybridized carbons (Fsp3) is 0.300. The van der Waals surface area contributed by atoms with Crippen LogP contribution in [0, 0.1) is 0 Å². The molecule has 0 bridgehead atoms. The van der Waals surface area contributed by atoms with Crippen LogP contribution in [0.25, 0.3) is 0 Å². The first-order valence-corrected chi connectivity index (χ1v) is 11.6. The van der Waals surface area contributed by atoms with Gasteiger partial charge < -0.3 is 15.3 Å². The summed E-state index contributed by atoms with van der Waals surface area (Å²) in [6.07, 6.45) is 0.780. The molecule has 0 aliphatic carbocycles. The van der Waals surface area contributed by atoms with Crippen molar-refractivity contribution in [2.24, 2.45) is 10.9 Å². The number of piperidine rings is 1. The monoisotopic (exact) mass is 485 g/mol. The Kier molecular flexibility index (Phi) is 7.43. The minimum absolute atomic E-state index is 0.0112. The second-order valence-corrected chi connectivity index (χ2v) is 9.65. The predicted octanol–water partition coefficient (Wildman–Crippen LogP) is 2.95. The van der Waals surface area contributed by atoms with E-state index in [9.17, 15) is 22.0 Å². The molecule has 0 radical (unpaired) electrons. The second kappa shape index (κ2) is 9.89. The van der Waals surface area contributed by atoms with E-state index >= 15 is 0 Å². The molecule has 1 atom stereocenters. The summed E-state index contributed by atoms with van der Waals surface area (Å²) in [6.45, 7) is 0.573. The fourth-order valence-corrected chi connectivity index (χ4v) is 4.65. The van der Waals surface area contributed by atoms with E-state index in [0.29, 0.717) is 24.1 Å². The van der Waals surface area contributed by atoms with Gasteiger partial charge in [0.15, 0.2) is 0 Å². The third kappa shape index (κ3) is 6.44. The highest BCUT2D eigenvalue weighted by atomic mass is 32.2. The van der Waals surface area contributed by atoms with E-state index in [1.807, 2.05) is 0 Å². The highest BCUT2D eigenvalue weighted by Gasteiger charge is 2.29. The molecule has 1 saturated heterocycles. The number of hydrogen-bond acceptors (Lipinski definition) is 6. The van der Waals surface area contributed by atoms with E-state index in [-0.39, 0.29) is 30.3 Å². The zero-order chi connectivity index (χ0) is 23.4. The SMILES string of the molecule is NC(=O)c1cccc(CON=C2CCN(S(=O)(=O)c3ccc(OC(F)(F)P)cc3)CC2)c1. The molecule has 1 unspecified atom stereocenters. The molecule has 12 heteroatoms. The first kappa shape index (κ1) is 24.0. The lowest BCUT2D eigenvalue weighted by Crippen LogP contribution is -2.38. The summed E-state index contributed by atoms with van der Waals surface area (Å²) < 4.78 is 57.1. The molecule has 1 aliphatic heterocycles. The van der Waals surface area contributed by atoms with E-state index < -0.39 is 21.8 Å². The summed E-state index contributed by atoms with van der Waals surface area (Å²) in [5.41, 5.74) is 7.08. The van der Waals surface area contributed by atoms with Crippen molar-refractivity contribution in [1.29, 1.82) is 0 Å². The van der Waals surface area contributed by atoms with Gasteiger partial charge in [-0.1, -0.05) is 17.3 Å². The summed E-state index contributed by atoms with van der Waals surface area (Å²) in [5, 5.41) is 4.08. The van der Waals surface area contributed by atoms with Crippen LogP contribution in [-0.4, -0.2) is 43.3 Å². The van der Waals surface area contributed by atoms with E-state index in [1.165, 1.54) is 37.8 Å². The van der Waals surface area contributed by atoms with E-state index in [1.54, 1.807) is 24.3 Å². The number of primary amides is 1. The standard InChI is InChI=1S/C20H22F2N3O5PS/c21-20(22,31)30-17-4-6-18(7-5-17)32(27,28)25-10-8-16(9-11-25)24-29-13-14-2-1-3-15(12-14)19(23)26/h1-7,12H,8-11,13,31H2,(H2,23,26). The Morgan fingerprint density at radius 1 is 1.16 bits per heavy atom. The molecule has 0 aromatic heterocycles. The van der Waals surface area contributed by atoms with Gasteiger partial charge >= 0.3 is 5.85 Å². The van der Waals surface area contributed by atoms with Crippen LogP contribution in [0.1, 0.15) is 28.8 Å². The summed E-state index contributed by atoms with van der Waals surface area (Å²) in [6, 6.07) is 11.5. The molecule has 3 rings (SSSR count). The smallest absolute Gasteiger partial charge is 0.408 e. The average molecular weight is 485 g/mol. The van der Waals surface area contributed by atoms with Crippen LogP contribution in [0.3, 0.4) is 0 Å². The Morgan fingerprint density at radius 3 is 2.41 bits per heavy atom. The lowest BCUT2D eigenvalue weighted by Gasteiger charge is -2.26. The van der Waals surface area contributed by atoms with Crippen LogP contribution < -0.4 is 10.5 Å². The molecule has 0 spiro atoms. The lowest BCUT2D eigenvalue weighted by atomic mass is 10.1. The minimum Gasteiger partial charge on any atom is -0.430 e. The Balaban J connectivity index is 1.55. The van der Waals surface area contributed by atoms with Gasteiger partial charge in [0, 0.05) is 31.5 Å². The van der Waals surface area contributed by atoms with Crippen molar-refractivity contribution in [3.05, 3.63) is 59.7 Å². The highest BCUT2D eigenvalue weighted by molar-refractivity contribution is 7.89. The Bertz CT molecular complexity index is 1090. The summed E-state index contributed by atoms with van der Waals surface area (Å²) in [4.78, 5) is 16.6. The van der Waals surface area contributed by atoms with Gasteiger partial charge in [0.25, 0.3) is 0 Å². The molecule has 8 nitrogen and oxygen atoms in total. The predicted molar refractivity (Wildman–Crippen MR) is 117 cm³/mol. The van der Waals surface area contributed by atoms with Gasteiger partial charge in [0.05, 0.1) is 10.6 Å². The number of nitrogens with zero attached hydrogens (tertiary/aromatic N) is 2. The molecule has 0 saturated carbocycles. The third-order valence-corrected chi connectivity index (χ3v) is 6.68. The molecule has 1 amide bonds. The van der Waals surface area contributed by atoms with Crippen molar-refractivity contribution in [3.63, 3.8) is 0 Å². The number of sulfonamides is 1. The van der Waals surface area contributed by atoms with Crippen molar-refractivity contribution in [1.82, 2.24) is 4.31 Å². The zero-order valence-corrected chi connectivity index (χ0v) is 18.9. The van der Waals surface area contributed by atoms with Crippen molar-refractivity contribution in [2.75, 3.05) is 13.1 Å². The van der Waals surface area contributed by atoms with E-state index in [4.69, 9.17) is 10.6 Å². The molecule has 2 aromatic rings. The first-order valence-electron chi connectivity index (χ1n) is 9.57. The molecule has 1 heterocycles. The second-order valence-electron chi connectivity index (χ2n) is 7.03. The van der Waals surface area contributed by atoms with Gasteiger partial charge in [0.1, 0.15) is 12.4 Å². The maximum Gasteiger partial charge on any atom is 0.408 e. The molecular weight excluding hydrogens is 463 g/mol. The number of oxime groups is 1. The zero-order valence-electron chi connectivity index (χ0n) is 16.9. The van der Waals surface area contributed by atoms with Gasteiger partial charge in [-0.05, 0) is 51.2 Å². The first-order chi connectivity index (χ1) is 15.0. The van der Waals surface area contributed by atoms with E-state index in [2.05, 4.69) is 9.89 Å². The van der Waals surface area contributed by atoms with Crippen LogP contribution in [0.15, 0.2) is 58.6 Å². The fourth-order valence-electron chi connectivity index (χ4n) is 3.07. The van der Waals surface area contributed by atoms with Gasteiger partial charge in [-0.2, -0.15) is 13.1 Å². The minimum atomic E-state index is -3.78. The summed E-state index contributed by atoms with van der Waals surface area (Å²) >= 11 is 0. The van der Waals surface area contributed by atoms with Gasteiger partial charge in [-0.15, -0.1) is 0 Å². The Labute approximate surface area is 186 Å². The van der Waals surface area contributed by atoms with Crippen LogP contribution in [-0.2, 0) is 21.5 Å². The number of carbonyl (C=O) groups excluding carboxylic acids is 1. The number of hydrogen-bond donors (Lipinski definition) is 1. The van der Waals surface area contributed by atoms with Gasteiger partial charge in [0.2, 0.25) is 15.9 Å². The number of ether oxygens (including phenoxy) is 1. The largest absolute Gasteiger partial charge is 0.430 e. The average Bonchev–Trinajstić information content (AvgIpc) is 2.73. The lowest BCUT2D eigenvalue weighted by molar-refractivity contribution is -0.0892. The number of amides is 1. The van der Waals surface area contributed by atoms with Crippen molar-refractivity contribution in [2.45, 2.75) is 30.2 Å². The number of benzene rings is 2. The van der Waals surface area contributed by atoms with Crippen molar-refractivity contribution >= 4 is 30.9 Å². The molecule has 2 aromatic carbocycles. The number of alkyl halides is 2. The number of carbonyl (C=O) groups is 1. The molecule has 1 aliphatic rings. The van der Waals surface area contributed by atoms with Crippen molar-refractivity contribution in [3.8, 4) is 5.75 Å². The van der Waals surface area contributed by atoms with Crippen LogP contribution in [0.2, 0.25) is 0 Å². The molecular formula is C20H22F2N3O5PS. The van der Waals surface area contributed by atoms with Crippen molar-refractivity contribution < 1.29 is 31.6 Å². The maximum atomic E-state index is 12.9. The van der Waals surface area contributed by atoms with Crippen LogP contribution >= 0.6 is 9.24 Å². The molecule has 32 heavy (non-hydrogen) atoms. The Hall–Kier alpha value is -2.62. The van der Waals surface area contributed by atoms with Crippen LogP contribution in [0.5, 0.6) is 5.75 Å². The molecule has 172 valence electrons. The van der Waals surface area contributed by atoms with Crippen LogP contribution in [0.4, 0.5) is 8.78 Å².